The van der Waals surface area contributed by atoms with Gasteiger partial charge in [0, 0.05) is 44.6 Å². The molecule has 3 rings (SSSR count). The molecule has 0 unspecified atom stereocenters. The molecule has 156 valence electrons. The summed E-state index contributed by atoms with van der Waals surface area (Å²) >= 11 is 4.46. The lowest BCUT2D eigenvalue weighted by Gasteiger charge is -2.33. The Balaban J connectivity index is 1.52. The first kappa shape index (κ1) is 22.1. The number of amides is 1. The molecule has 2 heterocycles. The fourth-order valence-corrected chi connectivity index (χ4v) is 6.77. The first-order valence-electron chi connectivity index (χ1n) is 9.32. The molecule has 9 heteroatoms. The van der Waals surface area contributed by atoms with E-state index in [1.165, 1.54) is 15.6 Å². The van der Waals surface area contributed by atoms with Gasteiger partial charge in [-0.2, -0.15) is 4.31 Å². The van der Waals surface area contributed by atoms with Crippen molar-refractivity contribution in [3.05, 3.63) is 50.8 Å². The van der Waals surface area contributed by atoms with Crippen LogP contribution in [0.15, 0.2) is 38.3 Å². The summed E-state index contributed by atoms with van der Waals surface area (Å²) in [5.74, 6) is -0.163. The summed E-state index contributed by atoms with van der Waals surface area (Å²) in [7, 11) is -3.53. The number of carbonyl (C=O) groups is 2. The predicted molar refractivity (Wildman–Crippen MR) is 117 cm³/mol. The van der Waals surface area contributed by atoms with Gasteiger partial charge >= 0.3 is 0 Å². The minimum absolute atomic E-state index is 0.0501. The number of aryl methyl sites for hydroxylation is 2. The van der Waals surface area contributed by atoms with E-state index in [4.69, 9.17) is 0 Å². The summed E-state index contributed by atoms with van der Waals surface area (Å²) in [6.45, 7) is 5.14. The average molecular weight is 499 g/mol. The maximum atomic E-state index is 12.7. The number of hydrogen-bond acceptors (Lipinski definition) is 5. The Morgan fingerprint density at radius 3 is 2.28 bits per heavy atom. The number of piperazine rings is 1. The lowest BCUT2D eigenvalue weighted by molar-refractivity contribution is -0.132. The Labute approximate surface area is 183 Å². The third kappa shape index (κ3) is 5.14. The first-order valence-corrected chi connectivity index (χ1v) is 12.4. The van der Waals surface area contributed by atoms with Crippen LogP contribution >= 0.6 is 27.3 Å². The van der Waals surface area contributed by atoms with Gasteiger partial charge in [-0.25, -0.2) is 8.42 Å². The molecule has 0 atom stereocenters. The van der Waals surface area contributed by atoms with Crippen LogP contribution in [0.3, 0.4) is 0 Å². The van der Waals surface area contributed by atoms with Crippen molar-refractivity contribution in [2.45, 2.75) is 30.9 Å². The van der Waals surface area contributed by atoms with Crippen LogP contribution < -0.4 is 0 Å². The van der Waals surface area contributed by atoms with Crippen molar-refractivity contribution >= 4 is 49.0 Å². The van der Waals surface area contributed by atoms with Gasteiger partial charge in [-0.3, -0.25) is 9.59 Å². The summed E-state index contributed by atoms with van der Waals surface area (Å²) in [4.78, 5) is 26.5. The van der Waals surface area contributed by atoms with Gasteiger partial charge in [0.05, 0.1) is 3.79 Å². The molecular weight excluding hydrogens is 476 g/mol. The Morgan fingerprint density at radius 2 is 1.69 bits per heavy atom. The molecule has 1 amide bonds. The van der Waals surface area contributed by atoms with E-state index in [2.05, 4.69) is 15.9 Å². The van der Waals surface area contributed by atoms with E-state index in [0.29, 0.717) is 22.9 Å². The zero-order valence-electron chi connectivity index (χ0n) is 16.4. The van der Waals surface area contributed by atoms with Crippen LogP contribution in [0.4, 0.5) is 0 Å². The molecule has 0 bridgehead atoms. The van der Waals surface area contributed by atoms with Gasteiger partial charge in [0.2, 0.25) is 5.91 Å². The number of halogens is 1. The molecule has 0 N–H and O–H groups in total. The largest absolute Gasteiger partial charge is 0.340 e. The van der Waals surface area contributed by atoms with E-state index < -0.39 is 10.0 Å². The molecular formula is C20H23BrN2O4S2. The molecule has 1 aromatic carbocycles. The van der Waals surface area contributed by atoms with Crippen LogP contribution in [0.1, 0.15) is 34.3 Å². The molecule has 0 saturated carbocycles. The highest BCUT2D eigenvalue weighted by Crippen LogP contribution is 2.29. The van der Waals surface area contributed by atoms with Gasteiger partial charge in [0.1, 0.15) is 4.21 Å². The average Bonchev–Trinajstić information content (AvgIpc) is 3.15. The van der Waals surface area contributed by atoms with Crippen LogP contribution in [-0.4, -0.2) is 55.5 Å². The number of nitrogens with zero attached hydrogens (tertiary/aromatic N) is 2. The van der Waals surface area contributed by atoms with Gasteiger partial charge in [0.15, 0.2) is 5.78 Å². The third-order valence-electron chi connectivity index (χ3n) is 5.13. The third-order valence-corrected chi connectivity index (χ3v) is 9.12. The minimum atomic E-state index is -3.53. The molecule has 0 aliphatic carbocycles. The summed E-state index contributed by atoms with van der Waals surface area (Å²) in [5, 5.41) is 0. The quantitative estimate of drug-likeness (QED) is 0.569. The highest BCUT2D eigenvalue weighted by atomic mass is 79.9. The van der Waals surface area contributed by atoms with Gasteiger partial charge in [-0.1, -0.05) is 12.1 Å². The fourth-order valence-electron chi connectivity index (χ4n) is 3.18. The molecule has 1 saturated heterocycles. The van der Waals surface area contributed by atoms with Crippen molar-refractivity contribution in [1.82, 2.24) is 9.21 Å². The number of hydrogen-bond donors (Lipinski definition) is 0. The highest BCUT2D eigenvalue weighted by Gasteiger charge is 2.31. The molecule has 1 fully saturated rings. The van der Waals surface area contributed by atoms with Crippen molar-refractivity contribution in [3.8, 4) is 0 Å². The second kappa shape index (κ2) is 9.07. The molecule has 1 aromatic heterocycles. The number of benzene rings is 1. The van der Waals surface area contributed by atoms with Gasteiger partial charge < -0.3 is 4.90 Å². The van der Waals surface area contributed by atoms with E-state index >= 15 is 0 Å². The van der Waals surface area contributed by atoms with Gasteiger partial charge in [-0.15, -0.1) is 11.3 Å². The summed E-state index contributed by atoms with van der Waals surface area (Å²) in [6.07, 6.45) is 0.291. The van der Waals surface area contributed by atoms with Gasteiger partial charge in [0.25, 0.3) is 10.0 Å². The Kier molecular flexibility index (Phi) is 6.93. The van der Waals surface area contributed by atoms with Crippen LogP contribution in [0, 0.1) is 13.8 Å². The summed E-state index contributed by atoms with van der Waals surface area (Å²) in [5.41, 5.74) is 2.80. The minimum Gasteiger partial charge on any atom is -0.340 e. The van der Waals surface area contributed by atoms with Crippen molar-refractivity contribution in [1.29, 1.82) is 0 Å². The monoisotopic (exact) mass is 498 g/mol. The zero-order valence-corrected chi connectivity index (χ0v) is 19.6. The molecule has 6 nitrogen and oxygen atoms in total. The first-order chi connectivity index (χ1) is 13.7. The molecule has 0 radical (unpaired) electrons. The normalized spacial score (nSPS) is 15.5. The Morgan fingerprint density at radius 1 is 1.00 bits per heavy atom. The van der Waals surface area contributed by atoms with E-state index in [1.54, 1.807) is 23.1 Å². The van der Waals surface area contributed by atoms with Crippen molar-refractivity contribution in [2.75, 3.05) is 26.2 Å². The number of thiophene rings is 1. The van der Waals surface area contributed by atoms with Gasteiger partial charge in [-0.05, 0) is 59.1 Å². The second-order valence-corrected chi connectivity index (χ2v) is 11.7. The Hall–Kier alpha value is -1.55. The highest BCUT2D eigenvalue weighted by molar-refractivity contribution is 9.11. The van der Waals surface area contributed by atoms with Crippen molar-refractivity contribution < 1.29 is 18.0 Å². The molecule has 2 aromatic rings. The second-order valence-electron chi connectivity index (χ2n) is 7.07. The van der Waals surface area contributed by atoms with E-state index in [-0.39, 0.29) is 37.6 Å². The van der Waals surface area contributed by atoms with E-state index in [9.17, 15) is 18.0 Å². The maximum absolute atomic E-state index is 12.7. The maximum Gasteiger partial charge on any atom is 0.252 e. The van der Waals surface area contributed by atoms with Crippen molar-refractivity contribution in [2.24, 2.45) is 0 Å². The zero-order chi connectivity index (χ0) is 21.2. The molecule has 1 aliphatic heterocycles. The van der Waals surface area contributed by atoms with Crippen molar-refractivity contribution in [3.63, 3.8) is 0 Å². The summed E-state index contributed by atoms with van der Waals surface area (Å²) in [6, 6.07) is 8.86. The summed E-state index contributed by atoms with van der Waals surface area (Å²) < 4.78 is 27.8. The topological polar surface area (TPSA) is 74.8 Å². The number of rotatable bonds is 6. The van der Waals surface area contributed by atoms with Crippen LogP contribution in [0.2, 0.25) is 0 Å². The fraction of sp³-hybridized carbons (Fsp3) is 0.400. The lowest BCUT2D eigenvalue weighted by Crippen LogP contribution is -2.50. The molecule has 1 aliphatic rings. The van der Waals surface area contributed by atoms with Crippen LogP contribution in [0.25, 0.3) is 0 Å². The number of ketones is 1. The molecule has 0 spiro atoms. The number of carbonyl (C=O) groups excluding carboxylic acids is 2. The van der Waals surface area contributed by atoms with E-state index in [1.807, 2.05) is 26.0 Å². The SMILES string of the molecule is Cc1ccc(C(=O)CCC(=O)N2CCN(S(=O)(=O)c3ccc(Br)s3)CC2)cc1C. The smallest absolute Gasteiger partial charge is 0.252 e. The van der Waals surface area contributed by atoms with E-state index in [0.717, 1.165) is 14.9 Å². The number of sulfonamides is 1. The number of Topliss-reactive ketones (excluding diaryl/α,β-unsaturated/α-hetero) is 1. The Bertz CT molecular complexity index is 1020. The predicted octanol–water partition coefficient (Wildman–Crippen LogP) is 3.62. The van der Waals surface area contributed by atoms with Crippen LogP contribution in [-0.2, 0) is 14.8 Å². The molecule has 29 heavy (non-hydrogen) atoms. The van der Waals surface area contributed by atoms with Crippen LogP contribution in [0.5, 0.6) is 0 Å². The standard InChI is InChI=1S/C20H23BrN2O4S2/c1-14-3-4-16(13-15(14)2)17(24)5-7-19(25)22-9-11-23(12-10-22)29(26,27)20-8-6-18(21)28-20/h3-4,6,8,13H,5,7,9-12H2,1-2H3. The lowest BCUT2D eigenvalue weighted by atomic mass is 10.0.